The molecule has 0 unspecified atom stereocenters. The number of benzene rings is 2. The van der Waals surface area contributed by atoms with E-state index in [1.807, 2.05) is 54.6 Å². The molecule has 6 heteroatoms. The number of para-hydroxylation sites is 2. The first-order valence-corrected chi connectivity index (χ1v) is 10.8. The van der Waals surface area contributed by atoms with Crippen LogP contribution in [0.5, 0.6) is 5.75 Å². The highest BCUT2D eigenvalue weighted by molar-refractivity contribution is 5.99. The standard InChI is InChI=1S/C25H26N2O4/c1-27-16-25-14-13-20(31-25)21(22(25)24(27)29)23(28)26-18-11-5-6-12-19(18)30-15-7-10-17-8-3-2-4-9-17/h2-6,8-9,11-14,20-22H,7,10,15-16H2,1H3,(H,26,28)/t20-,21-,22+,25-/m0/s1. The first kappa shape index (κ1) is 19.8. The Bertz CT molecular complexity index is 1020. The summed E-state index contributed by atoms with van der Waals surface area (Å²) in [6.45, 7) is 1.04. The lowest BCUT2D eigenvalue weighted by Gasteiger charge is -2.24. The normalized spacial score (nSPS) is 28.1. The van der Waals surface area contributed by atoms with Gasteiger partial charge in [-0.3, -0.25) is 9.59 Å². The van der Waals surface area contributed by atoms with E-state index in [1.165, 1.54) is 5.56 Å². The number of aryl methyl sites for hydroxylation is 1. The molecule has 2 saturated heterocycles. The number of rotatable bonds is 7. The Morgan fingerprint density at radius 1 is 1.19 bits per heavy atom. The highest BCUT2D eigenvalue weighted by Crippen LogP contribution is 2.51. The number of carbonyl (C=O) groups is 2. The van der Waals surface area contributed by atoms with Gasteiger partial charge < -0.3 is 19.7 Å². The molecule has 1 spiro atoms. The third kappa shape index (κ3) is 3.51. The summed E-state index contributed by atoms with van der Waals surface area (Å²) in [5.74, 6) is -0.601. The number of nitrogens with zero attached hydrogens (tertiary/aromatic N) is 1. The molecule has 3 heterocycles. The maximum atomic E-state index is 13.2. The van der Waals surface area contributed by atoms with E-state index >= 15 is 0 Å². The Balaban J connectivity index is 1.24. The van der Waals surface area contributed by atoms with Crippen LogP contribution in [0.2, 0.25) is 0 Å². The topological polar surface area (TPSA) is 67.9 Å². The van der Waals surface area contributed by atoms with Crippen LogP contribution in [0.1, 0.15) is 12.0 Å². The monoisotopic (exact) mass is 418 g/mol. The van der Waals surface area contributed by atoms with Crippen molar-refractivity contribution in [2.24, 2.45) is 11.8 Å². The number of amides is 2. The van der Waals surface area contributed by atoms with Crippen molar-refractivity contribution in [2.75, 3.05) is 25.5 Å². The van der Waals surface area contributed by atoms with Crippen LogP contribution in [-0.2, 0) is 20.7 Å². The molecule has 4 atom stereocenters. The zero-order valence-corrected chi connectivity index (χ0v) is 17.5. The molecule has 6 nitrogen and oxygen atoms in total. The molecule has 31 heavy (non-hydrogen) atoms. The van der Waals surface area contributed by atoms with Gasteiger partial charge in [-0.25, -0.2) is 0 Å². The molecule has 160 valence electrons. The van der Waals surface area contributed by atoms with E-state index in [2.05, 4.69) is 17.4 Å². The summed E-state index contributed by atoms with van der Waals surface area (Å²) in [6.07, 6.45) is 5.32. The smallest absolute Gasteiger partial charge is 0.231 e. The van der Waals surface area contributed by atoms with Crippen molar-refractivity contribution < 1.29 is 19.1 Å². The molecular formula is C25H26N2O4. The van der Waals surface area contributed by atoms with Crippen LogP contribution in [0.15, 0.2) is 66.7 Å². The molecular weight excluding hydrogens is 392 g/mol. The zero-order chi connectivity index (χ0) is 21.4. The Kier molecular flexibility index (Phi) is 5.02. The Morgan fingerprint density at radius 2 is 1.97 bits per heavy atom. The number of hydrogen-bond donors (Lipinski definition) is 1. The van der Waals surface area contributed by atoms with Gasteiger partial charge in [0.2, 0.25) is 11.8 Å². The predicted molar refractivity (Wildman–Crippen MR) is 117 cm³/mol. The summed E-state index contributed by atoms with van der Waals surface area (Å²) < 4.78 is 12.1. The van der Waals surface area contributed by atoms with E-state index < -0.39 is 17.4 Å². The van der Waals surface area contributed by atoms with Gasteiger partial charge in [-0.05, 0) is 30.5 Å². The second kappa shape index (κ2) is 7.85. The minimum atomic E-state index is -0.661. The molecule has 2 aromatic carbocycles. The van der Waals surface area contributed by atoms with E-state index in [0.29, 0.717) is 24.6 Å². The molecule has 3 aliphatic heterocycles. The summed E-state index contributed by atoms with van der Waals surface area (Å²) in [7, 11) is 1.76. The van der Waals surface area contributed by atoms with Crippen molar-refractivity contribution in [3.05, 3.63) is 72.3 Å². The maximum Gasteiger partial charge on any atom is 0.231 e. The summed E-state index contributed by atoms with van der Waals surface area (Å²) in [6, 6.07) is 17.7. The molecule has 0 radical (unpaired) electrons. The number of carbonyl (C=O) groups excluding carboxylic acids is 2. The van der Waals surface area contributed by atoms with E-state index in [1.54, 1.807) is 11.9 Å². The van der Waals surface area contributed by atoms with Gasteiger partial charge in [-0.1, -0.05) is 54.6 Å². The SMILES string of the molecule is CN1C[C@]23C=C[C@H](O2)[C@H](C(=O)Nc2ccccc2OCCCc2ccccc2)[C@@H]3C1=O. The van der Waals surface area contributed by atoms with Gasteiger partial charge in [0.15, 0.2) is 0 Å². The van der Waals surface area contributed by atoms with E-state index in [-0.39, 0.29) is 17.9 Å². The van der Waals surface area contributed by atoms with Gasteiger partial charge in [0.05, 0.1) is 36.8 Å². The highest BCUT2D eigenvalue weighted by Gasteiger charge is 2.66. The fourth-order valence-corrected chi connectivity index (χ4v) is 5.01. The Labute approximate surface area is 181 Å². The molecule has 1 N–H and O–H groups in total. The van der Waals surface area contributed by atoms with Gasteiger partial charge in [-0.15, -0.1) is 0 Å². The molecule has 2 bridgehead atoms. The van der Waals surface area contributed by atoms with Crippen molar-refractivity contribution in [1.29, 1.82) is 0 Å². The van der Waals surface area contributed by atoms with Gasteiger partial charge in [0.1, 0.15) is 11.4 Å². The number of fused-ring (bicyclic) bond motifs is 1. The highest BCUT2D eigenvalue weighted by atomic mass is 16.5. The molecule has 0 aromatic heterocycles. The van der Waals surface area contributed by atoms with Gasteiger partial charge in [-0.2, -0.15) is 0 Å². The first-order chi connectivity index (χ1) is 15.1. The minimum absolute atomic E-state index is 0.0301. The lowest BCUT2D eigenvalue weighted by Crippen LogP contribution is -2.41. The number of likely N-dealkylation sites (tertiary alicyclic amines) is 1. The van der Waals surface area contributed by atoms with Gasteiger partial charge in [0, 0.05) is 7.05 Å². The number of ether oxygens (including phenoxy) is 2. The van der Waals surface area contributed by atoms with E-state index in [4.69, 9.17) is 9.47 Å². The summed E-state index contributed by atoms with van der Waals surface area (Å²) in [5.41, 5.74) is 1.23. The van der Waals surface area contributed by atoms with Crippen LogP contribution in [0.3, 0.4) is 0 Å². The largest absolute Gasteiger partial charge is 0.491 e. The Morgan fingerprint density at radius 3 is 2.81 bits per heavy atom. The maximum absolute atomic E-state index is 13.2. The third-order valence-electron chi connectivity index (χ3n) is 6.45. The fourth-order valence-electron chi connectivity index (χ4n) is 5.01. The number of hydrogen-bond acceptors (Lipinski definition) is 4. The molecule has 0 aliphatic carbocycles. The number of nitrogens with one attached hydrogen (secondary N) is 1. The molecule has 0 saturated carbocycles. The molecule has 3 aliphatic rings. The van der Waals surface area contributed by atoms with Crippen molar-refractivity contribution in [3.63, 3.8) is 0 Å². The van der Waals surface area contributed by atoms with Crippen LogP contribution < -0.4 is 10.1 Å². The second-order valence-corrected chi connectivity index (χ2v) is 8.52. The minimum Gasteiger partial charge on any atom is -0.491 e. The van der Waals surface area contributed by atoms with Crippen molar-refractivity contribution in [3.8, 4) is 5.75 Å². The molecule has 2 fully saturated rings. The number of anilines is 1. The summed E-state index contributed by atoms with van der Waals surface area (Å²) >= 11 is 0. The molecule has 5 rings (SSSR count). The second-order valence-electron chi connectivity index (χ2n) is 8.52. The van der Waals surface area contributed by atoms with E-state index in [0.717, 1.165) is 12.8 Å². The first-order valence-electron chi connectivity index (χ1n) is 10.8. The molecule has 2 aromatic rings. The zero-order valence-electron chi connectivity index (χ0n) is 17.5. The van der Waals surface area contributed by atoms with Gasteiger partial charge in [0.25, 0.3) is 0 Å². The van der Waals surface area contributed by atoms with Crippen LogP contribution in [-0.4, -0.2) is 48.6 Å². The lowest BCUT2D eigenvalue weighted by molar-refractivity contribution is -0.134. The van der Waals surface area contributed by atoms with E-state index in [9.17, 15) is 9.59 Å². The number of likely N-dealkylation sites (N-methyl/N-ethyl adjacent to an activating group) is 1. The fraction of sp³-hybridized carbons (Fsp3) is 0.360. The van der Waals surface area contributed by atoms with Gasteiger partial charge >= 0.3 is 0 Å². The Hall–Kier alpha value is -3.12. The van der Waals surface area contributed by atoms with Crippen LogP contribution >= 0.6 is 0 Å². The van der Waals surface area contributed by atoms with Crippen LogP contribution in [0.4, 0.5) is 5.69 Å². The van der Waals surface area contributed by atoms with Crippen molar-refractivity contribution >= 4 is 17.5 Å². The van der Waals surface area contributed by atoms with Crippen molar-refractivity contribution in [2.45, 2.75) is 24.5 Å². The van der Waals surface area contributed by atoms with Crippen LogP contribution in [0.25, 0.3) is 0 Å². The van der Waals surface area contributed by atoms with Crippen LogP contribution in [0, 0.1) is 11.8 Å². The van der Waals surface area contributed by atoms with Crippen molar-refractivity contribution in [1.82, 2.24) is 4.90 Å². The average molecular weight is 418 g/mol. The summed E-state index contributed by atoms with van der Waals surface area (Å²) in [5, 5.41) is 2.99. The quantitative estimate of drug-likeness (QED) is 0.554. The average Bonchev–Trinajstić information content (AvgIpc) is 3.41. The summed E-state index contributed by atoms with van der Waals surface area (Å²) in [4.78, 5) is 27.6. The third-order valence-corrected chi connectivity index (χ3v) is 6.45. The molecule has 2 amide bonds. The predicted octanol–water partition coefficient (Wildman–Crippen LogP) is 3.05. The lowest BCUT2D eigenvalue weighted by atomic mass is 9.77.